The summed E-state index contributed by atoms with van der Waals surface area (Å²) in [6.07, 6.45) is 10.0. The molecule has 0 spiro atoms. The standard InChI is InChI=1S/C16H23N3O/c1-20-14-13(8-17)9-18-15(19-14)16-5-10-2-11(6-16)4-12(3-10)7-16/h9-12H,2-8,17H2,1H3. The number of hydrogen-bond acceptors (Lipinski definition) is 4. The molecule has 2 N–H and O–H groups in total. The number of ether oxygens (including phenoxy) is 1. The quantitative estimate of drug-likeness (QED) is 0.918. The van der Waals surface area contributed by atoms with E-state index in [1.807, 2.05) is 6.20 Å². The Balaban J connectivity index is 1.73. The predicted molar refractivity (Wildman–Crippen MR) is 76.3 cm³/mol. The lowest BCUT2D eigenvalue weighted by atomic mass is 9.49. The van der Waals surface area contributed by atoms with Crippen LogP contribution in [0.3, 0.4) is 0 Å². The monoisotopic (exact) mass is 273 g/mol. The van der Waals surface area contributed by atoms with Crippen molar-refractivity contribution in [1.29, 1.82) is 0 Å². The van der Waals surface area contributed by atoms with E-state index in [0.717, 1.165) is 29.1 Å². The van der Waals surface area contributed by atoms with Gasteiger partial charge in [-0.25, -0.2) is 4.98 Å². The molecule has 1 aromatic heterocycles. The van der Waals surface area contributed by atoms with Gasteiger partial charge in [0.25, 0.3) is 0 Å². The van der Waals surface area contributed by atoms with Crippen molar-refractivity contribution in [2.45, 2.75) is 50.5 Å². The van der Waals surface area contributed by atoms with Crippen molar-refractivity contribution in [2.75, 3.05) is 7.11 Å². The zero-order valence-electron chi connectivity index (χ0n) is 12.1. The third-order valence-electron chi connectivity index (χ3n) is 5.75. The third kappa shape index (κ3) is 1.77. The minimum atomic E-state index is 0.231. The molecule has 1 heterocycles. The van der Waals surface area contributed by atoms with E-state index in [1.54, 1.807) is 7.11 Å². The molecular weight excluding hydrogens is 250 g/mol. The Morgan fingerprint density at radius 1 is 1.20 bits per heavy atom. The first-order valence-corrected chi connectivity index (χ1v) is 7.83. The molecule has 4 bridgehead atoms. The molecule has 0 aromatic carbocycles. The number of nitrogens with zero attached hydrogens (tertiary/aromatic N) is 2. The van der Waals surface area contributed by atoms with Gasteiger partial charge in [0.2, 0.25) is 5.88 Å². The highest BCUT2D eigenvalue weighted by Gasteiger charge is 2.53. The van der Waals surface area contributed by atoms with Gasteiger partial charge >= 0.3 is 0 Å². The number of hydrogen-bond donors (Lipinski definition) is 1. The number of methoxy groups -OCH3 is 1. The van der Waals surface area contributed by atoms with Gasteiger partial charge in [-0.3, -0.25) is 0 Å². The van der Waals surface area contributed by atoms with E-state index in [0.29, 0.717) is 12.4 Å². The Bertz CT molecular complexity index is 493. The van der Waals surface area contributed by atoms with Gasteiger partial charge in [-0.2, -0.15) is 4.98 Å². The molecule has 108 valence electrons. The summed E-state index contributed by atoms with van der Waals surface area (Å²) in [6, 6.07) is 0. The molecule has 4 aliphatic carbocycles. The summed E-state index contributed by atoms with van der Waals surface area (Å²) in [5, 5.41) is 0. The average molecular weight is 273 g/mol. The van der Waals surface area contributed by atoms with Crippen molar-refractivity contribution in [1.82, 2.24) is 9.97 Å². The van der Waals surface area contributed by atoms with Crippen LogP contribution < -0.4 is 10.5 Å². The first-order valence-electron chi connectivity index (χ1n) is 7.83. The minimum Gasteiger partial charge on any atom is -0.481 e. The zero-order chi connectivity index (χ0) is 13.7. The summed E-state index contributed by atoms with van der Waals surface area (Å²) in [7, 11) is 1.67. The normalized spacial score (nSPS) is 38.2. The van der Waals surface area contributed by atoms with Gasteiger partial charge in [0.15, 0.2) is 0 Å². The Hall–Kier alpha value is -1.16. The minimum absolute atomic E-state index is 0.231. The van der Waals surface area contributed by atoms with Crippen LogP contribution in [-0.4, -0.2) is 17.1 Å². The lowest BCUT2D eigenvalue weighted by Gasteiger charge is -2.55. The molecule has 4 nitrogen and oxygen atoms in total. The molecule has 1 aromatic rings. The summed E-state index contributed by atoms with van der Waals surface area (Å²) in [4.78, 5) is 9.42. The molecule has 4 aliphatic rings. The molecule has 0 unspecified atom stereocenters. The molecule has 20 heavy (non-hydrogen) atoms. The SMILES string of the molecule is COc1nc(C23CC4CC(CC(C4)C2)C3)ncc1CN. The van der Waals surface area contributed by atoms with Crippen LogP contribution in [0.5, 0.6) is 5.88 Å². The fourth-order valence-electron chi connectivity index (χ4n) is 5.35. The molecule has 4 saturated carbocycles. The Kier molecular flexibility index (Phi) is 2.78. The maximum absolute atomic E-state index is 5.72. The van der Waals surface area contributed by atoms with E-state index in [-0.39, 0.29) is 5.41 Å². The second-order valence-corrected chi connectivity index (χ2v) is 7.13. The second-order valence-electron chi connectivity index (χ2n) is 7.13. The summed E-state index contributed by atoms with van der Waals surface area (Å²) in [5.74, 6) is 4.42. The molecule has 0 aliphatic heterocycles. The Labute approximate surface area is 120 Å². The zero-order valence-corrected chi connectivity index (χ0v) is 12.1. The van der Waals surface area contributed by atoms with Crippen molar-refractivity contribution in [2.24, 2.45) is 23.5 Å². The molecule has 5 rings (SSSR count). The molecule has 0 radical (unpaired) electrons. The maximum Gasteiger partial charge on any atom is 0.220 e. The van der Waals surface area contributed by atoms with Crippen molar-refractivity contribution in [3.63, 3.8) is 0 Å². The van der Waals surface area contributed by atoms with Crippen LogP contribution in [0.1, 0.15) is 49.9 Å². The van der Waals surface area contributed by atoms with Crippen molar-refractivity contribution in [3.05, 3.63) is 17.6 Å². The fraction of sp³-hybridized carbons (Fsp3) is 0.750. The highest BCUT2D eigenvalue weighted by atomic mass is 16.5. The predicted octanol–water partition coefficient (Wildman–Crippen LogP) is 2.41. The van der Waals surface area contributed by atoms with Gasteiger partial charge < -0.3 is 10.5 Å². The van der Waals surface area contributed by atoms with Gasteiger partial charge in [0.1, 0.15) is 5.82 Å². The fourth-order valence-corrected chi connectivity index (χ4v) is 5.35. The topological polar surface area (TPSA) is 61.0 Å². The van der Waals surface area contributed by atoms with Gasteiger partial charge in [-0.1, -0.05) is 0 Å². The Morgan fingerprint density at radius 2 is 1.80 bits per heavy atom. The van der Waals surface area contributed by atoms with E-state index in [9.17, 15) is 0 Å². The second kappa shape index (κ2) is 4.42. The van der Waals surface area contributed by atoms with Gasteiger partial charge in [-0.15, -0.1) is 0 Å². The highest BCUT2D eigenvalue weighted by molar-refractivity contribution is 5.27. The molecular formula is C16H23N3O. The number of aromatic nitrogens is 2. The van der Waals surface area contributed by atoms with Crippen LogP contribution in [0.2, 0.25) is 0 Å². The van der Waals surface area contributed by atoms with E-state index in [2.05, 4.69) is 4.98 Å². The first kappa shape index (κ1) is 12.6. The van der Waals surface area contributed by atoms with Crippen LogP contribution in [0.4, 0.5) is 0 Å². The number of nitrogens with two attached hydrogens (primary N) is 1. The van der Waals surface area contributed by atoms with E-state index < -0.39 is 0 Å². The molecule has 0 amide bonds. The summed E-state index contributed by atoms with van der Waals surface area (Å²) in [6.45, 7) is 0.435. The molecule has 4 fully saturated rings. The van der Waals surface area contributed by atoms with Gasteiger partial charge in [0.05, 0.1) is 7.11 Å². The molecule has 0 atom stereocenters. The van der Waals surface area contributed by atoms with Crippen LogP contribution in [0, 0.1) is 17.8 Å². The molecule has 4 heteroatoms. The van der Waals surface area contributed by atoms with E-state index in [1.165, 1.54) is 38.5 Å². The lowest BCUT2D eigenvalue weighted by molar-refractivity contribution is -0.00966. The first-order chi connectivity index (χ1) is 9.72. The van der Waals surface area contributed by atoms with E-state index >= 15 is 0 Å². The van der Waals surface area contributed by atoms with E-state index in [4.69, 9.17) is 15.5 Å². The summed E-state index contributed by atoms with van der Waals surface area (Å²) in [5.41, 5.74) is 6.86. The number of rotatable bonds is 3. The summed E-state index contributed by atoms with van der Waals surface area (Å²) >= 11 is 0. The van der Waals surface area contributed by atoms with Crippen LogP contribution in [-0.2, 0) is 12.0 Å². The third-order valence-corrected chi connectivity index (χ3v) is 5.75. The van der Waals surface area contributed by atoms with Gasteiger partial charge in [-0.05, 0) is 56.3 Å². The van der Waals surface area contributed by atoms with Crippen LogP contribution >= 0.6 is 0 Å². The molecule has 0 saturated heterocycles. The van der Waals surface area contributed by atoms with Crippen molar-refractivity contribution < 1.29 is 4.74 Å². The summed E-state index contributed by atoms with van der Waals surface area (Å²) < 4.78 is 5.41. The van der Waals surface area contributed by atoms with Crippen molar-refractivity contribution >= 4 is 0 Å². The Morgan fingerprint density at radius 3 is 2.30 bits per heavy atom. The largest absolute Gasteiger partial charge is 0.481 e. The lowest BCUT2D eigenvalue weighted by Crippen LogP contribution is -2.49. The smallest absolute Gasteiger partial charge is 0.220 e. The van der Waals surface area contributed by atoms with Crippen LogP contribution in [0.15, 0.2) is 6.20 Å². The maximum atomic E-state index is 5.72. The van der Waals surface area contributed by atoms with Crippen molar-refractivity contribution in [3.8, 4) is 5.88 Å². The highest BCUT2D eigenvalue weighted by Crippen LogP contribution is 2.60. The van der Waals surface area contributed by atoms with Crippen LogP contribution in [0.25, 0.3) is 0 Å². The van der Waals surface area contributed by atoms with Gasteiger partial charge in [0, 0.05) is 23.7 Å². The average Bonchev–Trinajstić information content (AvgIpc) is 2.45.